The van der Waals surface area contributed by atoms with Crippen molar-refractivity contribution in [2.45, 2.75) is 20.4 Å². The van der Waals surface area contributed by atoms with Gasteiger partial charge in [-0.25, -0.2) is 5.43 Å². The van der Waals surface area contributed by atoms with Gasteiger partial charge in [-0.2, -0.15) is 20.1 Å². The minimum atomic E-state index is -0.115. The number of nitrogens with one attached hydrogen (secondary N) is 4. The number of carbonyl (C=O) groups is 1. The topological polar surface area (TPSA) is 116 Å². The molecule has 0 unspecified atom stereocenters. The average Bonchev–Trinajstić information content (AvgIpc) is 2.87. The second kappa shape index (κ2) is 11.4. The summed E-state index contributed by atoms with van der Waals surface area (Å²) < 4.78 is 0. The standard InChI is InChI=1S/C26H26N8O/c1-18(21-13-15-23(16-14-21)28-19(2)35)33-34-26-31-24(27-17-20-9-5-3-6-10-20)30-25(32-26)29-22-11-7-4-8-12-22/h3-16H,17H2,1-2H3,(H,28,35)(H3,27,29,30,31,32,34)/b33-18+. The number of benzene rings is 3. The van der Waals surface area contributed by atoms with E-state index < -0.39 is 0 Å². The number of amides is 1. The molecule has 0 bridgehead atoms. The van der Waals surface area contributed by atoms with E-state index in [-0.39, 0.29) is 5.91 Å². The molecule has 1 heterocycles. The van der Waals surface area contributed by atoms with Crippen LogP contribution >= 0.6 is 0 Å². The Hall–Kier alpha value is -4.79. The third-order valence-electron chi connectivity index (χ3n) is 4.91. The highest BCUT2D eigenvalue weighted by Gasteiger charge is 2.08. The largest absolute Gasteiger partial charge is 0.350 e. The lowest BCUT2D eigenvalue weighted by Gasteiger charge is -2.10. The Morgan fingerprint density at radius 1 is 0.743 bits per heavy atom. The predicted octanol–water partition coefficient (Wildman–Crippen LogP) is 5.02. The van der Waals surface area contributed by atoms with Gasteiger partial charge in [0.25, 0.3) is 0 Å². The van der Waals surface area contributed by atoms with Crippen LogP contribution in [0.25, 0.3) is 0 Å². The highest BCUT2D eigenvalue weighted by molar-refractivity contribution is 5.99. The second-order valence-corrected chi connectivity index (χ2v) is 7.70. The first-order valence-electron chi connectivity index (χ1n) is 11.1. The maximum atomic E-state index is 11.2. The molecule has 0 saturated carbocycles. The first-order chi connectivity index (χ1) is 17.0. The fourth-order valence-electron chi connectivity index (χ4n) is 3.18. The van der Waals surface area contributed by atoms with Crippen molar-refractivity contribution in [3.05, 3.63) is 96.1 Å². The molecule has 1 aromatic heterocycles. The molecule has 4 N–H and O–H groups in total. The summed E-state index contributed by atoms with van der Waals surface area (Å²) in [7, 11) is 0. The first kappa shape index (κ1) is 23.4. The summed E-state index contributed by atoms with van der Waals surface area (Å²) in [5, 5.41) is 13.6. The SMILES string of the molecule is CC(=O)Nc1ccc(/C(C)=N/Nc2nc(NCc3ccccc3)nc(Nc3ccccc3)n2)cc1. The molecule has 0 saturated heterocycles. The molecule has 0 atom stereocenters. The number of hydrogen-bond acceptors (Lipinski definition) is 8. The van der Waals surface area contributed by atoms with Crippen molar-refractivity contribution >= 4 is 40.8 Å². The number of nitrogens with zero attached hydrogens (tertiary/aromatic N) is 4. The van der Waals surface area contributed by atoms with E-state index in [1.165, 1.54) is 6.92 Å². The van der Waals surface area contributed by atoms with Crippen LogP contribution in [0, 0.1) is 0 Å². The monoisotopic (exact) mass is 466 g/mol. The Labute approximate surface area is 203 Å². The van der Waals surface area contributed by atoms with Crippen LogP contribution in [-0.2, 0) is 11.3 Å². The zero-order valence-electron chi connectivity index (χ0n) is 19.5. The number of hydrazone groups is 1. The number of anilines is 5. The molecule has 4 rings (SSSR count). The Balaban J connectivity index is 1.52. The summed E-state index contributed by atoms with van der Waals surface area (Å²) >= 11 is 0. The molecule has 0 spiro atoms. The van der Waals surface area contributed by atoms with Crippen molar-refractivity contribution in [1.29, 1.82) is 0 Å². The van der Waals surface area contributed by atoms with Gasteiger partial charge in [0.2, 0.25) is 23.8 Å². The minimum Gasteiger partial charge on any atom is -0.350 e. The van der Waals surface area contributed by atoms with Gasteiger partial charge in [-0.05, 0) is 42.3 Å². The lowest BCUT2D eigenvalue weighted by molar-refractivity contribution is -0.114. The summed E-state index contributed by atoms with van der Waals surface area (Å²) in [6, 6.07) is 27.1. The van der Waals surface area contributed by atoms with Gasteiger partial charge in [0.15, 0.2) is 0 Å². The molecule has 0 aliphatic heterocycles. The van der Waals surface area contributed by atoms with Gasteiger partial charge in [-0.3, -0.25) is 4.79 Å². The van der Waals surface area contributed by atoms with E-state index in [4.69, 9.17) is 0 Å². The number of hydrogen-bond donors (Lipinski definition) is 4. The van der Waals surface area contributed by atoms with Crippen LogP contribution in [0.5, 0.6) is 0 Å². The van der Waals surface area contributed by atoms with Crippen LogP contribution in [0.3, 0.4) is 0 Å². The van der Waals surface area contributed by atoms with Crippen LogP contribution in [0.4, 0.5) is 29.2 Å². The van der Waals surface area contributed by atoms with Crippen molar-refractivity contribution in [1.82, 2.24) is 15.0 Å². The predicted molar refractivity (Wildman–Crippen MR) is 140 cm³/mol. The number of carbonyl (C=O) groups excluding carboxylic acids is 1. The fourth-order valence-corrected chi connectivity index (χ4v) is 3.18. The lowest BCUT2D eigenvalue weighted by Crippen LogP contribution is -2.10. The summed E-state index contributed by atoms with van der Waals surface area (Å²) in [5.41, 5.74) is 7.25. The Bertz CT molecular complexity index is 1290. The zero-order valence-corrected chi connectivity index (χ0v) is 19.5. The number of aromatic nitrogens is 3. The molecule has 1 amide bonds. The Morgan fingerprint density at radius 3 is 2.06 bits per heavy atom. The number of rotatable bonds is 9. The van der Waals surface area contributed by atoms with E-state index in [9.17, 15) is 4.79 Å². The zero-order chi connectivity index (χ0) is 24.5. The minimum absolute atomic E-state index is 0.115. The van der Waals surface area contributed by atoms with E-state index in [0.29, 0.717) is 24.4 Å². The maximum absolute atomic E-state index is 11.2. The van der Waals surface area contributed by atoms with Gasteiger partial charge in [0.1, 0.15) is 0 Å². The van der Waals surface area contributed by atoms with Gasteiger partial charge >= 0.3 is 0 Å². The Morgan fingerprint density at radius 2 is 1.37 bits per heavy atom. The summed E-state index contributed by atoms with van der Waals surface area (Å²) in [6.45, 7) is 3.92. The molecule has 9 nitrogen and oxygen atoms in total. The van der Waals surface area contributed by atoms with E-state index in [0.717, 1.165) is 28.2 Å². The molecule has 0 aliphatic rings. The van der Waals surface area contributed by atoms with E-state index >= 15 is 0 Å². The van der Waals surface area contributed by atoms with Crippen LogP contribution in [0.2, 0.25) is 0 Å². The van der Waals surface area contributed by atoms with Crippen LogP contribution in [0.15, 0.2) is 90.0 Å². The van der Waals surface area contributed by atoms with Gasteiger partial charge in [0.05, 0.1) is 5.71 Å². The van der Waals surface area contributed by atoms with Crippen molar-refractivity contribution in [3.63, 3.8) is 0 Å². The summed E-state index contributed by atoms with van der Waals surface area (Å²) in [6.07, 6.45) is 0. The molecule has 35 heavy (non-hydrogen) atoms. The smallest absolute Gasteiger partial charge is 0.250 e. The molecular formula is C26H26N8O. The molecular weight excluding hydrogens is 440 g/mol. The van der Waals surface area contributed by atoms with E-state index in [2.05, 4.69) is 41.4 Å². The third-order valence-corrected chi connectivity index (χ3v) is 4.91. The molecule has 176 valence electrons. The normalized spacial score (nSPS) is 11.0. The molecule has 3 aromatic carbocycles. The fraction of sp³-hybridized carbons (Fsp3) is 0.115. The maximum Gasteiger partial charge on any atom is 0.250 e. The molecule has 4 aromatic rings. The van der Waals surface area contributed by atoms with Gasteiger partial charge < -0.3 is 16.0 Å². The van der Waals surface area contributed by atoms with Crippen LogP contribution in [0.1, 0.15) is 25.0 Å². The summed E-state index contributed by atoms with van der Waals surface area (Å²) in [5.74, 6) is 0.980. The second-order valence-electron chi connectivity index (χ2n) is 7.70. The van der Waals surface area contributed by atoms with Gasteiger partial charge in [0, 0.05) is 24.8 Å². The van der Waals surface area contributed by atoms with E-state index in [1.54, 1.807) is 0 Å². The highest BCUT2D eigenvalue weighted by Crippen LogP contribution is 2.17. The lowest BCUT2D eigenvalue weighted by atomic mass is 10.1. The molecule has 0 radical (unpaired) electrons. The quantitative estimate of drug-likeness (QED) is 0.202. The number of para-hydroxylation sites is 1. The third kappa shape index (κ3) is 7.10. The van der Waals surface area contributed by atoms with Crippen LogP contribution < -0.4 is 21.4 Å². The molecule has 0 fully saturated rings. The van der Waals surface area contributed by atoms with Crippen molar-refractivity contribution in [2.75, 3.05) is 21.4 Å². The van der Waals surface area contributed by atoms with Crippen LogP contribution in [-0.4, -0.2) is 26.6 Å². The van der Waals surface area contributed by atoms with Crippen molar-refractivity contribution in [2.24, 2.45) is 5.10 Å². The Kier molecular flexibility index (Phi) is 7.59. The summed E-state index contributed by atoms with van der Waals surface area (Å²) in [4.78, 5) is 24.6. The van der Waals surface area contributed by atoms with Gasteiger partial charge in [-0.1, -0.05) is 60.7 Å². The molecule has 0 aliphatic carbocycles. The van der Waals surface area contributed by atoms with Crippen molar-refractivity contribution in [3.8, 4) is 0 Å². The first-order valence-corrected chi connectivity index (χ1v) is 11.1. The van der Waals surface area contributed by atoms with E-state index in [1.807, 2.05) is 91.9 Å². The van der Waals surface area contributed by atoms with Gasteiger partial charge in [-0.15, -0.1) is 0 Å². The molecule has 9 heteroatoms. The average molecular weight is 467 g/mol. The van der Waals surface area contributed by atoms with Crippen molar-refractivity contribution < 1.29 is 4.79 Å². The highest BCUT2D eigenvalue weighted by atomic mass is 16.1.